The Kier molecular flexibility index (Phi) is 4.89. The van der Waals surface area contributed by atoms with Crippen LogP contribution in [0.1, 0.15) is 30.2 Å². The molecule has 21 heavy (non-hydrogen) atoms. The fourth-order valence-electron chi connectivity index (χ4n) is 1.87. The van der Waals surface area contributed by atoms with Crippen molar-refractivity contribution in [2.45, 2.75) is 20.0 Å². The molecule has 5 heteroatoms. The van der Waals surface area contributed by atoms with Crippen LogP contribution in [-0.4, -0.2) is 15.9 Å². The molecule has 2 rings (SSSR count). The molecule has 0 spiro atoms. The number of hydrogen-bond acceptors (Lipinski definition) is 5. The molecule has 0 bridgehead atoms. The van der Waals surface area contributed by atoms with Gasteiger partial charge in [-0.15, -0.1) is 0 Å². The van der Waals surface area contributed by atoms with Crippen molar-refractivity contribution in [1.82, 2.24) is 4.98 Å². The van der Waals surface area contributed by atoms with Gasteiger partial charge in [0.1, 0.15) is 24.1 Å². The molecule has 0 fully saturated rings. The normalized spacial score (nSPS) is 11.0. The van der Waals surface area contributed by atoms with Crippen molar-refractivity contribution in [2.24, 2.45) is 5.16 Å². The van der Waals surface area contributed by atoms with E-state index in [0.29, 0.717) is 30.2 Å². The minimum absolute atomic E-state index is 0.366. The molecule has 0 saturated heterocycles. The van der Waals surface area contributed by atoms with Gasteiger partial charge < -0.3 is 9.94 Å². The summed E-state index contributed by atoms with van der Waals surface area (Å²) in [6, 6.07) is 12.8. The first-order chi connectivity index (χ1) is 10.3. The van der Waals surface area contributed by atoms with Crippen LogP contribution >= 0.6 is 0 Å². The second kappa shape index (κ2) is 7.06. The molecule has 1 aromatic carbocycles. The van der Waals surface area contributed by atoms with Crippen LogP contribution in [0.4, 0.5) is 0 Å². The molecule has 1 aromatic heterocycles. The van der Waals surface area contributed by atoms with Crippen molar-refractivity contribution >= 4 is 5.71 Å². The highest BCUT2D eigenvalue weighted by atomic mass is 16.5. The van der Waals surface area contributed by atoms with E-state index in [2.05, 4.69) is 10.1 Å². The summed E-state index contributed by atoms with van der Waals surface area (Å²) in [6.45, 7) is 2.29. The zero-order valence-corrected chi connectivity index (χ0v) is 11.7. The summed E-state index contributed by atoms with van der Waals surface area (Å²) in [5, 5.41) is 20.9. The van der Waals surface area contributed by atoms with Gasteiger partial charge in [-0.25, -0.2) is 4.98 Å². The molecule has 0 saturated carbocycles. The van der Waals surface area contributed by atoms with Crippen molar-refractivity contribution in [2.75, 3.05) is 0 Å². The van der Waals surface area contributed by atoms with Gasteiger partial charge in [-0.05, 0) is 53.9 Å². The van der Waals surface area contributed by atoms with Gasteiger partial charge in [0, 0.05) is 6.20 Å². The van der Waals surface area contributed by atoms with E-state index >= 15 is 0 Å². The molecule has 5 nitrogen and oxygen atoms in total. The number of rotatable bonds is 5. The largest absolute Gasteiger partial charge is 0.489 e. The first-order valence-electron chi connectivity index (χ1n) is 6.56. The maximum atomic E-state index is 8.87. The number of benzene rings is 1. The molecular weight excluding hydrogens is 266 g/mol. The summed E-state index contributed by atoms with van der Waals surface area (Å²) in [7, 11) is 0. The van der Waals surface area contributed by atoms with Gasteiger partial charge in [0.25, 0.3) is 0 Å². The van der Waals surface area contributed by atoms with Gasteiger partial charge in [0.15, 0.2) is 0 Å². The molecule has 0 radical (unpaired) electrons. The van der Waals surface area contributed by atoms with E-state index in [4.69, 9.17) is 15.2 Å². The van der Waals surface area contributed by atoms with Crippen LogP contribution in [0.5, 0.6) is 5.75 Å². The third kappa shape index (κ3) is 3.80. The lowest BCUT2D eigenvalue weighted by molar-refractivity contribution is 0.306. The number of pyridine rings is 1. The van der Waals surface area contributed by atoms with E-state index in [-0.39, 0.29) is 0 Å². The number of oxime groups is 1. The van der Waals surface area contributed by atoms with E-state index < -0.39 is 0 Å². The molecule has 1 N–H and O–H groups in total. The maximum Gasteiger partial charge on any atom is 0.140 e. The summed E-state index contributed by atoms with van der Waals surface area (Å²) in [5.74, 6) is 0.711. The van der Waals surface area contributed by atoms with Crippen LogP contribution in [0.25, 0.3) is 0 Å². The number of nitriles is 1. The third-order valence-electron chi connectivity index (χ3n) is 2.99. The first kappa shape index (κ1) is 14.5. The molecule has 2 aromatic rings. The molecular formula is C16H15N3O2. The molecule has 106 valence electrons. The van der Waals surface area contributed by atoms with Crippen LogP contribution in [-0.2, 0) is 6.61 Å². The maximum absolute atomic E-state index is 8.87. The second-order valence-corrected chi connectivity index (χ2v) is 4.37. The molecule has 0 atom stereocenters. The quantitative estimate of drug-likeness (QED) is 0.519. The van der Waals surface area contributed by atoms with Gasteiger partial charge in [-0.2, -0.15) is 5.26 Å². The van der Waals surface area contributed by atoms with Crippen molar-refractivity contribution in [3.05, 3.63) is 59.4 Å². The standard InChI is InChI=1S/C16H15N3O2/c1-2-16(19-20)13-3-5-15(6-4-13)21-11-12-7-8-18-14(9-12)10-17/h3-9,20H,2,11H2,1H3. The van der Waals surface area contributed by atoms with Crippen LogP contribution < -0.4 is 4.74 Å². The van der Waals surface area contributed by atoms with Gasteiger partial charge in [-0.1, -0.05) is 12.1 Å². The average molecular weight is 281 g/mol. The molecule has 0 aliphatic rings. The fourth-order valence-corrected chi connectivity index (χ4v) is 1.87. The van der Waals surface area contributed by atoms with Crippen molar-refractivity contribution < 1.29 is 9.94 Å². The SMILES string of the molecule is CCC(=NO)c1ccc(OCc2ccnc(C#N)c2)cc1. The topological polar surface area (TPSA) is 78.5 Å². The zero-order chi connectivity index (χ0) is 15.1. The lowest BCUT2D eigenvalue weighted by Crippen LogP contribution is -2.00. The van der Waals surface area contributed by atoms with E-state index in [1.165, 1.54) is 0 Å². The Hall–Kier alpha value is -2.87. The van der Waals surface area contributed by atoms with E-state index in [1.807, 2.05) is 43.3 Å². The average Bonchev–Trinajstić information content (AvgIpc) is 2.55. The monoisotopic (exact) mass is 281 g/mol. The van der Waals surface area contributed by atoms with Crippen LogP contribution in [0.2, 0.25) is 0 Å². The fraction of sp³-hybridized carbons (Fsp3) is 0.188. The minimum atomic E-state index is 0.366. The Morgan fingerprint density at radius 3 is 2.71 bits per heavy atom. The van der Waals surface area contributed by atoms with Gasteiger partial charge >= 0.3 is 0 Å². The Morgan fingerprint density at radius 1 is 1.33 bits per heavy atom. The summed E-state index contributed by atoms with van der Waals surface area (Å²) >= 11 is 0. The number of nitrogens with zero attached hydrogens (tertiary/aromatic N) is 3. The van der Waals surface area contributed by atoms with Crippen LogP contribution in [0, 0.1) is 11.3 Å². The summed E-state index contributed by atoms with van der Waals surface area (Å²) in [4.78, 5) is 3.91. The van der Waals surface area contributed by atoms with Gasteiger partial charge in [0.05, 0.1) is 5.71 Å². The number of hydrogen-bond donors (Lipinski definition) is 1. The van der Waals surface area contributed by atoms with Gasteiger partial charge in [-0.3, -0.25) is 0 Å². The lowest BCUT2D eigenvalue weighted by atomic mass is 10.1. The summed E-state index contributed by atoms with van der Waals surface area (Å²) in [5.41, 5.74) is 2.76. The Bertz CT molecular complexity index is 673. The first-order valence-corrected chi connectivity index (χ1v) is 6.56. The highest BCUT2D eigenvalue weighted by Gasteiger charge is 2.03. The van der Waals surface area contributed by atoms with E-state index in [0.717, 1.165) is 11.1 Å². The lowest BCUT2D eigenvalue weighted by Gasteiger charge is -2.07. The molecule has 0 aliphatic heterocycles. The highest BCUT2D eigenvalue weighted by Crippen LogP contribution is 2.15. The molecule has 0 unspecified atom stereocenters. The second-order valence-electron chi connectivity index (χ2n) is 4.37. The summed E-state index contributed by atoms with van der Waals surface area (Å²) < 4.78 is 5.65. The third-order valence-corrected chi connectivity index (χ3v) is 2.99. The number of aromatic nitrogens is 1. The van der Waals surface area contributed by atoms with Crippen molar-refractivity contribution in [3.63, 3.8) is 0 Å². The van der Waals surface area contributed by atoms with Crippen molar-refractivity contribution in [1.29, 1.82) is 5.26 Å². The van der Waals surface area contributed by atoms with E-state index in [9.17, 15) is 0 Å². The highest BCUT2D eigenvalue weighted by molar-refractivity contribution is 6.00. The molecule has 1 heterocycles. The Balaban J connectivity index is 2.02. The van der Waals surface area contributed by atoms with E-state index in [1.54, 1.807) is 12.3 Å². The van der Waals surface area contributed by atoms with Gasteiger partial charge in [0.2, 0.25) is 0 Å². The number of ether oxygens (including phenoxy) is 1. The molecule has 0 aliphatic carbocycles. The summed E-state index contributed by atoms with van der Waals surface area (Å²) in [6.07, 6.45) is 2.25. The smallest absolute Gasteiger partial charge is 0.140 e. The zero-order valence-electron chi connectivity index (χ0n) is 11.7. The van der Waals surface area contributed by atoms with Crippen molar-refractivity contribution in [3.8, 4) is 11.8 Å². The predicted octanol–water partition coefficient (Wildman–Crippen LogP) is 3.12. The predicted molar refractivity (Wildman–Crippen MR) is 78.3 cm³/mol. The molecule has 0 amide bonds. The van der Waals surface area contributed by atoms with Crippen LogP contribution in [0.3, 0.4) is 0 Å². The Morgan fingerprint density at radius 2 is 2.10 bits per heavy atom. The van der Waals surface area contributed by atoms with Crippen LogP contribution in [0.15, 0.2) is 47.8 Å². The minimum Gasteiger partial charge on any atom is -0.489 e. The Labute approximate surface area is 123 Å².